The average Bonchev–Trinajstić information content (AvgIpc) is 3.21. The molecule has 0 aliphatic carbocycles. The maximum Gasteiger partial charge on any atom is 0.243 e. The molecular weight excluding hydrogens is 376 g/mol. The van der Waals surface area contributed by atoms with E-state index in [0.717, 1.165) is 43.6 Å². The van der Waals surface area contributed by atoms with Crippen molar-refractivity contribution in [1.29, 1.82) is 0 Å². The normalized spacial score (nSPS) is 18.1. The number of aryl methyl sites for hydroxylation is 1. The van der Waals surface area contributed by atoms with E-state index in [2.05, 4.69) is 5.10 Å². The van der Waals surface area contributed by atoms with Crippen LogP contribution in [0.1, 0.15) is 37.7 Å². The fraction of sp³-hybridized carbons (Fsp3) is 0.500. The van der Waals surface area contributed by atoms with Gasteiger partial charge in [0, 0.05) is 32.1 Å². The van der Waals surface area contributed by atoms with E-state index < -0.39 is 10.0 Å². The van der Waals surface area contributed by atoms with Gasteiger partial charge in [-0.3, -0.25) is 9.69 Å². The number of rotatable bonds is 5. The number of benzene rings is 1. The third-order valence-corrected chi connectivity index (χ3v) is 7.47. The second-order valence-electron chi connectivity index (χ2n) is 7.42. The van der Waals surface area contributed by atoms with E-state index in [4.69, 9.17) is 0 Å². The summed E-state index contributed by atoms with van der Waals surface area (Å²) in [5.41, 5.74) is 0.968. The van der Waals surface area contributed by atoms with Gasteiger partial charge in [-0.15, -0.1) is 0 Å². The number of amides is 1. The molecule has 3 heterocycles. The first-order valence-corrected chi connectivity index (χ1v) is 11.4. The highest BCUT2D eigenvalue weighted by atomic mass is 32.2. The number of fused-ring (bicyclic) bond motifs is 1. The molecule has 4 rings (SSSR count). The summed E-state index contributed by atoms with van der Waals surface area (Å²) in [5, 5.41) is 4.19. The van der Waals surface area contributed by atoms with Crippen LogP contribution < -0.4 is 4.90 Å². The standard InChI is InChI=1S/C20H26N4O3S/c25-20(23-15-16-24-19(23)11-12-21-24)10-7-17-5-8-18(9-6-17)28(26,27)22-13-3-1-2-4-14-22/h5-6,8-9,11-12H,1-4,7,10,13-16H2. The molecule has 150 valence electrons. The Morgan fingerprint density at radius 3 is 2.36 bits per heavy atom. The molecule has 2 aromatic rings. The van der Waals surface area contributed by atoms with Crippen LogP contribution in [0, 0.1) is 0 Å². The van der Waals surface area contributed by atoms with E-state index in [-0.39, 0.29) is 5.91 Å². The van der Waals surface area contributed by atoms with Gasteiger partial charge in [0.2, 0.25) is 15.9 Å². The van der Waals surface area contributed by atoms with Crippen molar-refractivity contribution >= 4 is 21.7 Å². The van der Waals surface area contributed by atoms with Gasteiger partial charge < -0.3 is 0 Å². The van der Waals surface area contributed by atoms with Gasteiger partial charge in [0.1, 0.15) is 5.82 Å². The number of carbonyl (C=O) groups excluding carboxylic acids is 1. The third kappa shape index (κ3) is 3.84. The van der Waals surface area contributed by atoms with Gasteiger partial charge >= 0.3 is 0 Å². The van der Waals surface area contributed by atoms with Crippen molar-refractivity contribution in [2.24, 2.45) is 0 Å². The minimum Gasteiger partial charge on any atom is -0.295 e. The molecule has 0 spiro atoms. The Bertz CT molecular complexity index is 929. The number of hydrogen-bond acceptors (Lipinski definition) is 4. The number of anilines is 1. The van der Waals surface area contributed by atoms with Crippen LogP contribution in [-0.2, 0) is 27.8 Å². The Labute approximate surface area is 166 Å². The van der Waals surface area contributed by atoms with Crippen LogP contribution in [0.25, 0.3) is 0 Å². The highest BCUT2D eigenvalue weighted by molar-refractivity contribution is 7.89. The number of aromatic nitrogens is 2. The van der Waals surface area contributed by atoms with Crippen molar-refractivity contribution in [3.63, 3.8) is 0 Å². The lowest BCUT2D eigenvalue weighted by atomic mass is 10.1. The second kappa shape index (κ2) is 8.05. The minimum absolute atomic E-state index is 0.0699. The van der Waals surface area contributed by atoms with E-state index >= 15 is 0 Å². The maximum atomic E-state index is 12.8. The zero-order valence-corrected chi connectivity index (χ0v) is 16.8. The highest BCUT2D eigenvalue weighted by Crippen LogP contribution is 2.23. The largest absolute Gasteiger partial charge is 0.295 e. The van der Waals surface area contributed by atoms with Gasteiger partial charge in [0.25, 0.3) is 0 Å². The molecule has 1 saturated heterocycles. The highest BCUT2D eigenvalue weighted by Gasteiger charge is 2.26. The Kier molecular flexibility index (Phi) is 5.50. The van der Waals surface area contributed by atoms with Gasteiger partial charge in [0.05, 0.1) is 17.6 Å². The van der Waals surface area contributed by atoms with Crippen molar-refractivity contribution in [3.8, 4) is 0 Å². The van der Waals surface area contributed by atoms with Crippen LogP contribution >= 0.6 is 0 Å². The zero-order chi connectivity index (χ0) is 19.6. The number of nitrogens with zero attached hydrogens (tertiary/aromatic N) is 4. The molecule has 0 radical (unpaired) electrons. The summed E-state index contributed by atoms with van der Waals surface area (Å²) in [6, 6.07) is 8.85. The minimum atomic E-state index is -3.43. The molecule has 1 amide bonds. The molecule has 0 N–H and O–H groups in total. The van der Waals surface area contributed by atoms with Crippen LogP contribution in [-0.4, -0.2) is 48.0 Å². The smallest absolute Gasteiger partial charge is 0.243 e. The van der Waals surface area contributed by atoms with Crippen molar-refractivity contribution in [2.45, 2.75) is 50.0 Å². The molecule has 2 aliphatic heterocycles. The summed E-state index contributed by atoms with van der Waals surface area (Å²) in [6.07, 6.45) is 6.73. The molecule has 0 atom stereocenters. The number of carbonyl (C=O) groups is 1. The Morgan fingerprint density at radius 2 is 1.64 bits per heavy atom. The first-order valence-electron chi connectivity index (χ1n) is 9.97. The van der Waals surface area contributed by atoms with Crippen molar-refractivity contribution in [2.75, 3.05) is 24.5 Å². The monoisotopic (exact) mass is 402 g/mol. The molecule has 8 heteroatoms. The van der Waals surface area contributed by atoms with E-state index in [1.165, 1.54) is 0 Å². The van der Waals surface area contributed by atoms with Crippen LogP contribution in [0.2, 0.25) is 0 Å². The molecule has 0 bridgehead atoms. The summed E-state index contributed by atoms with van der Waals surface area (Å²) < 4.78 is 29.1. The Balaban J connectivity index is 1.37. The third-order valence-electron chi connectivity index (χ3n) is 5.56. The lowest BCUT2D eigenvalue weighted by Crippen LogP contribution is -2.31. The van der Waals surface area contributed by atoms with Crippen LogP contribution in [0.4, 0.5) is 5.82 Å². The first-order chi connectivity index (χ1) is 13.6. The van der Waals surface area contributed by atoms with Gasteiger partial charge in [-0.05, 0) is 37.0 Å². The average molecular weight is 403 g/mol. The molecule has 2 aliphatic rings. The van der Waals surface area contributed by atoms with Gasteiger partial charge in [-0.25, -0.2) is 13.1 Å². The SMILES string of the molecule is O=C(CCc1ccc(S(=O)(=O)N2CCCCCC2)cc1)N1CCn2nccc21. The van der Waals surface area contributed by atoms with E-state index in [0.29, 0.717) is 37.4 Å². The molecule has 28 heavy (non-hydrogen) atoms. The first kappa shape index (κ1) is 19.1. The summed E-state index contributed by atoms with van der Waals surface area (Å²) in [6.45, 7) is 2.60. The van der Waals surface area contributed by atoms with Gasteiger partial charge in [-0.1, -0.05) is 25.0 Å². The molecule has 1 fully saturated rings. The predicted octanol–water partition coefficient (Wildman–Crippen LogP) is 2.43. The quantitative estimate of drug-likeness (QED) is 0.770. The van der Waals surface area contributed by atoms with Crippen LogP contribution in [0.15, 0.2) is 41.4 Å². The van der Waals surface area contributed by atoms with Gasteiger partial charge in [0.15, 0.2) is 0 Å². The van der Waals surface area contributed by atoms with Crippen molar-refractivity contribution in [1.82, 2.24) is 14.1 Å². The molecule has 1 aromatic heterocycles. The van der Waals surface area contributed by atoms with Crippen molar-refractivity contribution < 1.29 is 13.2 Å². The summed E-state index contributed by atoms with van der Waals surface area (Å²) >= 11 is 0. The second-order valence-corrected chi connectivity index (χ2v) is 9.36. The molecule has 0 unspecified atom stereocenters. The molecule has 0 saturated carbocycles. The Morgan fingerprint density at radius 1 is 0.929 bits per heavy atom. The lowest BCUT2D eigenvalue weighted by Gasteiger charge is -2.20. The van der Waals surface area contributed by atoms with Crippen LogP contribution in [0.3, 0.4) is 0 Å². The maximum absolute atomic E-state index is 12.8. The lowest BCUT2D eigenvalue weighted by molar-refractivity contribution is -0.118. The Hall–Kier alpha value is -2.19. The predicted molar refractivity (Wildman–Crippen MR) is 107 cm³/mol. The van der Waals surface area contributed by atoms with Crippen LogP contribution in [0.5, 0.6) is 0 Å². The van der Waals surface area contributed by atoms with E-state index in [1.54, 1.807) is 27.5 Å². The molecule has 1 aromatic carbocycles. The number of sulfonamides is 1. The number of hydrogen-bond donors (Lipinski definition) is 0. The van der Waals surface area contributed by atoms with E-state index in [1.807, 2.05) is 22.9 Å². The fourth-order valence-electron chi connectivity index (χ4n) is 3.93. The summed E-state index contributed by atoms with van der Waals surface area (Å²) in [4.78, 5) is 14.6. The van der Waals surface area contributed by atoms with Gasteiger partial charge in [-0.2, -0.15) is 9.40 Å². The summed E-state index contributed by atoms with van der Waals surface area (Å²) in [5.74, 6) is 0.921. The van der Waals surface area contributed by atoms with Crippen molar-refractivity contribution in [3.05, 3.63) is 42.1 Å². The zero-order valence-electron chi connectivity index (χ0n) is 16.0. The fourth-order valence-corrected chi connectivity index (χ4v) is 5.45. The summed E-state index contributed by atoms with van der Waals surface area (Å²) in [7, 11) is -3.43. The van der Waals surface area contributed by atoms with E-state index in [9.17, 15) is 13.2 Å². The molecular formula is C20H26N4O3S. The topological polar surface area (TPSA) is 75.5 Å². The molecule has 7 nitrogen and oxygen atoms in total.